The molecule has 0 atom stereocenters. The van der Waals surface area contributed by atoms with Gasteiger partial charge in [0, 0.05) is 9.50 Å². The predicted octanol–water partition coefficient (Wildman–Crippen LogP) is 4.40. The minimum Gasteiger partial charge on any atom is -0.482 e. The second kappa shape index (κ2) is 6.77. The van der Waals surface area contributed by atoms with Gasteiger partial charge in [0.25, 0.3) is 0 Å². The van der Waals surface area contributed by atoms with Gasteiger partial charge in [0.2, 0.25) is 0 Å². The Balaban J connectivity index is 1.90. The van der Waals surface area contributed by atoms with Gasteiger partial charge < -0.3 is 9.47 Å². The number of hydrogen-bond donors (Lipinski definition) is 0. The molecule has 0 aromatic heterocycles. The summed E-state index contributed by atoms with van der Waals surface area (Å²) in [6, 6.07) is 12.3. The van der Waals surface area contributed by atoms with E-state index >= 15 is 0 Å². The summed E-state index contributed by atoms with van der Waals surface area (Å²) < 4.78 is 11.5. The van der Waals surface area contributed by atoms with Crippen molar-refractivity contribution in [2.75, 3.05) is 6.61 Å². The summed E-state index contributed by atoms with van der Waals surface area (Å²) in [6.45, 7) is 1.67. The highest BCUT2D eigenvalue weighted by atomic mass is 79.9. The lowest BCUT2D eigenvalue weighted by molar-refractivity contribution is -0.136. The molecule has 20 heavy (non-hydrogen) atoms. The van der Waals surface area contributed by atoms with Crippen molar-refractivity contribution in [3.05, 3.63) is 57.5 Å². The van der Waals surface area contributed by atoms with Gasteiger partial charge in [0.05, 0.1) is 0 Å². The largest absolute Gasteiger partial charge is 0.482 e. The number of ether oxygens (including phenoxy) is 2. The number of esters is 1. The Bertz CT molecular complexity index is 611. The van der Waals surface area contributed by atoms with Gasteiger partial charge in [0.1, 0.15) is 11.5 Å². The molecule has 104 valence electrons. The molecule has 0 aliphatic heterocycles. The van der Waals surface area contributed by atoms with Crippen LogP contribution in [0.15, 0.2) is 46.9 Å². The van der Waals surface area contributed by atoms with Crippen LogP contribution >= 0.6 is 27.5 Å². The van der Waals surface area contributed by atoms with Crippen LogP contribution in [0.4, 0.5) is 0 Å². The third kappa shape index (κ3) is 4.25. The van der Waals surface area contributed by atoms with Crippen LogP contribution in [0, 0.1) is 6.92 Å². The fraction of sp³-hybridized carbons (Fsp3) is 0.133. The Morgan fingerprint density at radius 2 is 1.90 bits per heavy atom. The summed E-state index contributed by atoms with van der Waals surface area (Å²) in [7, 11) is 0. The lowest BCUT2D eigenvalue weighted by Crippen LogP contribution is -2.18. The van der Waals surface area contributed by atoms with Crippen molar-refractivity contribution in [1.29, 1.82) is 0 Å². The summed E-state index contributed by atoms with van der Waals surface area (Å²) in [5.41, 5.74) is 0.800. The van der Waals surface area contributed by atoms with Crippen LogP contribution < -0.4 is 9.47 Å². The van der Waals surface area contributed by atoms with Crippen LogP contribution in [0.5, 0.6) is 11.5 Å². The molecule has 5 heteroatoms. The highest BCUT2D eigenvalue weighted by molar-refractivity contribution is 9.10. The second-order valence-corrected chi connectivity index (χ2v) is 5.48. The van der Waals surface area contributed by atoms with Gasteiger partial charge in [-0.15, -0.1) is 0 Å². The molecule has 0 aliphatic rings. The molecule has 0 N–H and O–H groups in total. The first-order valence-corrected chi connectivity index (χ1v) is 7.07. The van der Waals surface area contributed by atoms with Crippen molar-refractivity contribution in [2.24, 2.45) is 0 Å². The molecule has 3 nitrogen and oxygen atoms in total. The third-order valence-electron chi connectivity index (χ3n) is 2.53. The summed E-state index contributed by atoms with van der Waals surface area (Å²) in [5.74, 6) is 0.634. The van der Waals surface area contributed by atoms with Crippen molar-refractivity contribution in [2.45, 2.75) is 6.92 Å². The number of rotatable bonds is 4. The zero-order chi connectivity index (χ0) is 14.5. The SMILES string of the molecule is Cc1cc(Cl)ccc1OC(=O)COc1ccc(Br)cc1. The highest BCUT2D eigenvalue weighted by Crippen LogP contribution is 2.22. The maximum Gasteiger partial charge on any atom is 0.349 e. The fourth-order valence-corrected chi connectivity index (χ4v) is 2.04. The molecule has 0 unspecified atom stereocenters. The van der Waals surface area contributed by atoms with Crippen molar-refractivity contribution in [3.63, 3.8) is 0 Å². The van der Waals surface area contributed by atoms with E-state index in [2.05, 4.69) is 15.9 Å². The van der Waals surface area contributed by atoms with Gasteiger partial charge in [-0.3, -0.25) is 0 Å². The zero-order valence-corrected chi connectivity index (χ0v) is 13.1. The van der Waals surface area contributed by atoms with E-state index in [1.165, 1.54) is 0 Å². The minimum atomic E-state index is -0.460. The maximum atomic E-state index is 11.7. The molecule has 0 radical (unpaired) electrons. The molecular weight excluding hydrogens is 344 g/mol. The Hall–Kier alpha value is -1.52. The van der Waals surface area contributed by atoms with Gasteiger partial charge in [-0.1, -0.05) is 27.5 Å². The van der Waals surface area contributed by atoms with Gasteiger partial charge in [0.15, 0.2) is 6.61 Å². The van der Waals surface area contributed by atoms with E-state index < -0.39 is 5.97 Å². The first-order valence-electron chi connectivity index (χ1n) is 5.90. The number of hydrogen-bond acceptors (Lipinski definition) is 3. The van der Waals surface area contributed by atoms with E-state index in [-0.39, 0.29) is 6.61 Å². The second-order valence-electron chi connectivity index (χ2n) is 4.13. The molecule has 0 amide bonds. The molecule has 0 heterocycles. The maximum absolute atomic E-state index is 11.7. The quantitative estimate of drug-likeness (QED) is 0.602. The molecule has 2 rings (SSSR count). The first-order chi connectivity index (χ1) is 9.54. The van der Waals surface area contributed by atoms with Crippen molar-refractivity contribution in [3.8, 4) is 11.5 Å². The molecule has 0 bridgehead atoms. The summed E-state index contributed by atoms with van der Waals surface area (Å²) in [4.78, 5) is 11.7. The average molecular weight is 356 g/mol. The van der Waals surface area contributed by atoms with Crippen LogP contribution in [0.1, 0.15) is 5.56 Å². The van der Waals surface area contributed by atoms with Crippen molar-refractivity contribution < 1.29 is 14.3 Å². The van der Waals surface area contributed by atoms with Gasteiger partial charge in [-0.05, 0) is 55.0 Å². The van der Waals surface area contributed by atoms with Crippen LogP contribution in [-0.4, -0.2) is 12.6 Å². The molecule has 0 aliphatic carbocycles. The average Bonchev–Trinajstić information content (AvgIpc) is 2.41. The number of halogens is 2. The van der Waals surface area contributed by atoms with Crippen LogP contribution in [0.3, 0.4) is 0 Å². The van der Waals surface area contributed by atoms with Crippen LogP contribution in [0.25, 0.3) is 0 Å². The van der Waals surface area contributed by atoms with Gasteiger partial charge >= 0.3 is 5.97 Å². The molecule has 2 aromatic rings. The fourth-order valence-electron chi connectivity index (χ4n) is 1.55. The predicted molar refractivity (Wildman–Crippen MR) is 81.5 cm³/mol. The molecule has 0 fully saturated rings. The third-order valence-corrected chi connectivity index (χ3v) is 3.29. The van der Waals surface area contributed by atoms with E-state index in [0.717, 1.165) is 10.0 Å². The van der Waals surface area contributed by atoms with E-state index in [1.807, 2.05) is 19.1 Å². The lowest BCUT2D eigenvalue weighted by Gasteiger charge is -2.09. The monoisotopic (exact) mass is 354 g/mol. The van der Waals surface area contributed by atoms with Crippen LogP contribution in [0.2, 0.25) is 5.02 Å². The Kier molecular flexibility index (Phi) is 5.04. The van der Waals surface area contributed by atoms with E-state index in [4.69, 9.17) is 21.1 Å². The van der Waals surface area contributed by atoms with E-state index in [9.17, 15) is 4.79 Å². The topological polar surface area (TPSA) is 35.5 Å². The Labute approximate surface area is 130 Å². The number of benzene rings is 2. The summed E-state index contributed by atoms with van der Waals surface area (Å²) >= 11 is 9.16. The highest BCUT2D eigenvalue weighted by Gasteiger charge is 2.08. The first kappa shape index (κ1) is 14.9. The number of aryl methyl sites for hydroxylation is 1. The number of carbonyl (C=O) groups excluding carboxylic acids is 1. The standard InChI is InChI=1S/C15H12BrClO3/c1-10-8-12(17)4-7-14(10)20-15(18)9-19-13-5-2-11(16)3-6-13/h2-8H,9H2,1H3. The van der Waals surface area contributed by atoms with Crippen molar-refractivity contribution in [1.82, 2.24) is 0 Å². The van der Waals surface area contributed by atoms with E-state index in [0.29, 0.717) is 16.5 Å². The molecule has 0 saturated heterocycles. The molecule has 2 aromatic carbocycles. The van der Waals surface area contributed by atoms with E-state index in [1.54, 1.807) is 30.3 Å². The van der Waals surface area contributed by atoms with Gasteiger partial charge in [-0.2, -0.15) is 0 Å². The Morgan fingerprint density at radius 3 is 2.55 bits per heavy atom. The van der Waals surface area contributed by atoms with Crippen LogP contribution in [-0.2, 0) is 4.79 Å². The molecular formula is C15H12BrClO3. The minimum absolute atomic E-state index is 0.149. The summed E-state index contributed by atoms with van der Waals surface area (Å²) in [6.07, 6.45) is 0. The zero-order valence-electron chi connectivity index (χ0n) is 10.7. The number of carbonyl (C=O) groups is 1. The smallest absolute Gasteiger partial charge is 0.349 e. The van der Waals surface area contributed by atoms with Gasteiger partial charge in [-0.25, -0.2) is 4.79 Å². The molecule has 0 spiro atoms. The lowest BCUT2D eigenvalue weighted by atomic mass is 10.2. The van der Waals surface area contributed by atoms with Crippen molar-refractivity contribution >= 4 is 33.5 Å². The summed E-state index contributed by atoms with van der Waals surface area (Å²) in [5, 5.41) is 0.605. The molecule has 0 saturated carbocycles. The normalized spacial score (nSPS) is 10.2. The Morgan fingerprint density at radius 1 is 1.20 bits per heavy atom.